The van der Waals surface area contributed by atoms with Crippen molar-refractivity contribution in [3.05, 3.63) is 82.3 Å². The third-order valence-corrected chi connectivity index (χ3v) is 6.76. The Kier molecular flexibility index (Phi) is 7.35. The van der Waals surface area contributed by atoms with Gasteiger partial charge in [-0.15, -0.1) is 0 Å². The van der Waals surface area contributed by atoms with Gasteiger partial charge in [-0.2, -0.15) is 5.10 Å². The fourth-order valence-electron chi connectivity index (χ4n) is 4.59. The second-order valence-electron chi connectivity index (χ2n) is 9.25. The number of para-hydroxylation sites is 1. The predicted molar refractivity (Wildman–Crippen MR) is 141 cm³/mol. The van der Waals surface area contributed by atoms with Crippen LogP contribution in [0.2, 0.25) is 5.02 Å². The smallest absolute Gasteiger partial charge is 0.327 e. The predicted octanol–water partition coefficient (Wildman–Crippen LogP) is 3.53. The molecule has 2 aromatic carbocycles. The molecule has 0 saturated carbocycles. The van der Waals surface area contributed by atoms with E-state index in [-0.39, 0.29) is 31.1 Å². The number of fused-ring (bicyclic) bond motifs is 1. The molecule has 1 fully saturated rings. The molecule has 10 nitrogen and oxygen atoms in total. The van der Waals surface area contributed by atoms with Crippen LogP contribution in [-0.2, 0) is 22.6 Å². The van der Waals surface area contributed by atoms with Gasteiger partial charge in [-0.05, 0) is 43.2 Å². The molecule has 40 heavy (non-hydrogen) atoms. The van der Waals surface area contributed by atoms with Crippen molar-refractivity contribution in [3.63, 3.8) is 0 Å². The summed E-state index contributed by atoms with van der Waals surface area (Å²) in [5.74, 6) is -1.97. The van der Waals surface area contributed by atoms with E-state index in [0.717, 1.165) is 11.1 Å². The van der Waals surface area contributed by atoms with E-state index in [2.05, 4.69) is 10.1 Å². The van der Waals surface area contributed by atoms with E-state index in [1.807, 2.05) is 6.07 Å². The highest BCUT2D eigenvalue weighted by Crippen LogP contribution is 2.31. The maximum Gasteiger partial charge on any atom is 0.327 e. The van der Waals surface area contributed by atoms with Crippen LogP contribution in [0.5, 0.6) is 5.75 Å². The number of nitrogens with two attached hydrogens (primary N) is 1. The first-order chi connectivity index (χ1) is 19.1. The van der Waals surface area contributed by atoms with Crippen molar-refractivity contribution >= 4 is 40.3 Å². The van der Waals surface area contributed by atoms with Gasteiger partial charge in [-0.25, -0.2) is 23.2 Å². The molecule has 5 rings (SSSR count). The van der Waals surface area contributed by atoms with Crippen molar-refractivity contribution in [1.29, 1.82) is 0 Å². The van der Waals surface area contributed by atoms with Crippen LogP contribution in [0.1, 0.15) is 16.8 Å². The van der Waals surface area contributed by atoms with Gasteiger partial charge in [0.1, 0.15) is 36.8 Å². The number of hydrogen-bond acceptors (Lipinski definition) is 6. The number of pyridine rings is 1. The highest BCUT2D eigenvalue weighted by molar-refractivity contribution is 6.31. The second-order valence-corrected chi connectivity index (χ2v) is 9.66. The van der Waals surface area contributed by atoms with Gasteiger partial charge in [0.05, 0.1) is 23.1 Å². The topological polar surface area (TPSA) is 124 Å². The third-order valence-electron chi connectivity index (χ3n) is 6.42. The molecule has 0 aliphatic carbocycles. The number of nitrogens with zero attached hydrogens (tertiary/aromatic N) is 5. The molecule has 0 atom stereocenters. The summed E-state index contributed by atoms with van der Waals surface area (Å²) in [6.07, 6.45) is 2.54. The standard InChI is InChI=1S/C27H23ClF2N6O4/c1-15-7-22(36-11-18(30)10-32-36)19-3-2-4-23(26(19)33-15)40-14-20-16(8-17(29)9-21(20)28)5-6-34-13-25(38)35(27(34)39)12-24(31)37/h2-4,7-11H,5-6,12-14H2,1H3,(H2,31,37). The van der Waals surface area contributed by atoms with Crippen LogP contribution in [0, 0.1) is 18.6 Å². The van der Waals surface area contributed by atoms with Gasteiger partial charge in [0.15, 0.2) is 5.82 Å². The number of amides is 4. The van der Waals surface area contributed by atoms with Gasteiger partial charge in [-0.1, -0.05) is 23.7 Å². The summed E-state index contributed by atoms with van der Waals surface area (Å²) in [4.78, 5) is 42.5. The third kappa shape index (κ3) is 5.43. The maximum absolute atomic E-state index is 14.3. The molecule has 4 amide bonds. The van der Waals surface area contributed by atoms with Crippen LogP contribution in [-0.4, -0.2) is 62.0 Å². The lowest BCUT2D eigenvalue weighted by atomic mass is 10.0. The Hall–Kier alpha value is -4.58. The van der Waals surface area contributed by atoms with Gasteiger partial charge in [0.2, 0.25) is 5.91 Å². The molecular weight excluding hydrogens is 546 g/mol. The Morgan fingerprint density at radius 2 is 1.98 bits per heavy atom. The number of carbonyl (C=O) groups excluding carboxylic acids is 3. The molecule has 1 aliphatic heterocycles. The molecule has 0 unspecified atom stereocenters. The maximum atomic E-state index is 14.3. The highest BCUT2D eigenvalue weighted by atomic mass is 35.5. The van der Waals surface area contributed by atoms with Crippen LogP contribution in [0.3, 0.4) is 0 Å². The van der Waals surface area contributed by atoms with Gasteiger partial charge in [0, 0.05) is 23.2 Å². The van der Waals surface area contributed by atoms with Crippen molar-refractivity contribution in [2.75, 3.05) is 19.6 Å². The van der Waals surface area contributed by atoms with E-state index >= 15 is 0 Å². The van der Waals surface area contributed by atoms with Gasteiger partial charge >= 0.3 is 6.03 Å². The molecule has 0 radical (unpaired) electrons. The number of rotatable bonds is 9. The minimum Gasteiger partial charge on any atom is -0.487 e. The summed E-state index contributed by atoms with van der Waals surface area (Å²) in [6.45, 7) is 1.10. The molecule has 2 N–H and O–H groups in total. The largest absolute Gasteiger partial charge is 0.487 e. The van der Waals surface area contributed by atoms with Gasteiger partial charge in [-0.3, -0.25) is 14.5 Å². The Morgan fingerprint density at radius 3 is 2.70 bits per heavy atom. The monoisotopic (exact) mass is 568 g/mol. The minimum absolute atomic E-state index is 0.0460. The van der Waals surface area contributed by atoms with Crippen molar-refractivity contribution in [2.45, 2.75) is 20.0 Å². The zero-order chi connectivity index (χ0) is 28.6. The highest BCUT2D eigenvalue weighted by Gasteiger charge is 2.36. The molecule has 206 valence electrons. The number of primary amides is 1. The number of imide groups is 1. The SMILES string of the molecule is Cc1cc(-n2cc(F)cn2)c2cccc(OCc3c(Cl)cc(F)cc3CCN3CC(=O)N(CC(N)=O)C3=O)c2n1. The summed E-state index contributed by atoms with van der Waals surface area (Å²) < 4.78 is 35.5. The van der Waals surface area contributed by atoms with Crippen LogP contribution < -0.4 is 10.5 Å². The summed E-state index contributed by atoms with van der Waals surface area (Å²) in [7, 11) is 0. The number of hydrogen-bond donors (Lipinski definition) is 1. The first-order valence-corrected chi connectivity index (χ1v) is 12.6. The van der Waals surface area contributed by atoms with Crippen molar-refractivity contribution < 1.29 is 27.9 Å². The fraction of sp³-hybridized carbons (Fsp3) is 0.222. The lowest BCUT2D eigenvalue weighted by Gasteiger charge is -2.18. The lowest BCUT2D eigenvalue weighted by molar-refractivity contribution is -0.129. The molecular formula is C27H23ClF2N6O4. The molecule has 1 saturated heterocycles. The Labute approximate surface area is 231 Å². The summed E-state index contributed by atoms with van der Waals surface area (Å²) in [5, 5.41) is 4.87. The van der Waals surface area contributed by atoms with Crippen LogP contribution in [0.15, 0.2) is 48.8 Å². The molecule has 2 aromatic heterocycles. The second kappa shape index (κ2) is 10.9. The van der Waals surface area contributed by atoms with Crippen LogP contribution >= 0.6 is 11.6 Å². The quantitative estimate of drug-likeness (QED) is 0.308. The number of aromatic nitrogens is 3. The van der Waals surface area contributed by atoms with E-state index in [0.29, 0.717) is 39.2 Å². The van der Waals surface area contributed by atoms with E-state index in [4.69, 9.17) is 22.1 Å². The molecule has 13 heteroatoms. The first kappa shape index (κ1) is 27.0. The van der Waals surface area contributed by atoms with Crippen molar-refractivity contribution in [2.24, 2.45) is 5.73 Å². The molecule has 0 bridgehead atoms. The Balaban J connectivity index is 1.39. The van der Waals surface area contributed by atoms with Crippen LogP contribution in [0.25, 0.3) is 16.6 Å². The number of benzene rings is 2. The van der Waals surface area contributed by atoms with Crippen molar-refractivity contribution in [3.8, 4) is 11.4 Å². The van der Waals surface area contributed by atoms with E-state index in [9.17, 15) is 23.2 Å². The fourth-order valence-corrected chi connectivity index (χ4v) is 4.87. The normalized spacial score (nSPS) is 13.5. The average Bonchev–Trinajstić information content (AvgIpc) is 3.44. The van der Waals surface area contributed by atoms with Gasteiger partial charge < -0.3 is 15.4 Å². The number of urea groups is 1. The number of carbonyl (C=O) groups is 3. The lowest BCUT2D eigenvalue weighted by Crippen LogP contribution is -2.39. The minimum atomic E-state index is -0.804. The van der Waals surface area contributed by atoms with E-state index in [1.165, 1.54) is 27.9 Å². The first-order valence-electron chi connectivity index (χ1n) is 12.2. The van der Waals surface area contributed by atoms with Crippen LogP contribution in [0.4, 0.5) is 13.6 Å². The molecule has 0 spiro atoms. The average molecular weight is 569 g/mol. The zero-order valence-corrected chi connectivity index (χ0v) is 22.0. The van der Waals surface area contributed by atoms with E-state index in [1.54, 1.807) is 25.1 Å². The summed E-state index contributed by atoms with van der Waals surface area (Å²) in [6, 6.07) is 8.90. The number of halogens is 3. The summed E-state index contributed by atoms with van der Waals surface area (Å²) in [5.41, 5.74) is 7.90. The zero-order valence-electron chi connectivity index (χ0n) is 21.2. The Morgan fingerprint density at radius 1 is 1.18 bits per heavy atom. The molecule has 4 aromatic rings. The van der Waals surface area contributed by atoms with E-state index < -0.39 is 36.0 Å². The van der Waals surface area contributed by atoms with Crippen molar-refractivity contribution in [1.82, 2.24) is 24.6 Å². The summed E-state index contributed by atoms with van der Waals surface area (Å²) >= 11 is 6.40. The molecule has 3 heterocycles. The van der Waals surface area contributed by atoms with Gasteiger partial charge in [0.25, 0.3) is 5.91 Å². The number of aryl methyl sites for hydroxylation is 1. The Bertz CT molecular complexity index is 1660. The molecule has 1 aliphatic rings. The number of ether oxygens (including phenoxy) is 1.